The van der Waals surface area contributed by atoms with Gasteiger partial charge in [0, 0.05) is 43.9 Å². The zero-order valence-electron chi connectivity index (χ0n) is 19.4. The highest BCUT2D eigenvalue weighted by Gasteiger charge is 2.45. The zero-order valence-corrected chi connectivity index (χ0v) is 20.1. The maximum atomic E-state index is 13.2. The van der Waals surface area contributed by atoms with Gasteiger partial charge in [0.2, 0.25) is 0 Å². The second kappa shape index (κ2) is 8.91. The Hall–Kier alpha value is -2.31. The summed E-state index contributed by atoms with van der Waals surface area (Å²) >= 11 is 6.36. The summed E-state index contributed by atoms with van der Waals surface area (Å²) in [5.74, 6) is 0.775. The lowest BCUT2D eigenvalue weighted by Crippen LogP contribution is -2.56. The number of ketones is 1. The Bertz CT molecular complexity index is 1020. The number of halogens is 1. The van der Waals surface area contributed by atoms with E-state index in [-0.39, 0.29) is 23.3 Å². The summed E-state index contributed by atoms with van der Waals surface area (Å²) in [6.45, 7) is 8.84. The minimum absolute atomic E-state index is 0.00598. The average Bonchev–Trinajstić information content (AvgIpc) is 3.22. The molecule has 1 spiro atoms. The smallest absolute Gasteiger partial charge is 0.253 e. The fraction of sp³-hybridized carbons (Fsp3) is 0.520. The van der Waals surface area contributed by atoms with Crippen molar-refractivity contribution < 1.29 is 14.3 Å². The van der Waals surface area contributed by atoms with Crippen LogP contribution in [-0.2, 0) is 12.1 Å². The molecule has 0 aliphatic carbocycles. The maximum Gasteiger partial charge on any atom is 0.253 e. The highest BCUT2D eigenvalue weighted by molar-refractivity contribution is 6.32. The van der Waals surface area contributed by atoms with Gasteiger partial charge in [-0.1, -0.05) is 18.5 Å². The number of nitrogens with zero attached hydrogens (tertiary/aromatic N) is 3. The number of hydrogen-bond acceptors (Lipinski definition) is 4. The molecule has 172 valence electrons. The molecule has 2 aromatic rings. The lowest BCUT2D eigenvalue weighted by molar-refractivity contribution is 0.0128. The third-order valence-corrected chi connectivity index (χ3v) is 7.17. The van der Waals surface area contributed by atoms with Gasteiger partial charge in [0.15, 0.2) is 5.78 Å². The Balaban J connectivity index is 1.52. The first kappa shape index (κ1) is 22.9. The summed E-state index contributed by atoms with van der Waals surface area (Å²) in [5.41, 5.74) is 2.45. The molecule has 32 heavy (non-hydrogen) atoms. The molecule has 6 nitrogen and oxygen atoms in total. The van der Waals surface area contributed by atoms with Gasteiger partial charge < -0.3 is 14.2 Å². The number of Topliss-reactive ketones (excluding diaryl/α,β-unsaturated/α-hetero) is 1. The van der Waals surface area contributed by atoms with Gasteiger partial charge in [0.05, 0.1) is 22.4 Å². The van der Waals surface area contributed by atoms with E-state index in [9.17, 15) is 9.59 Å². The number of ether oxygens (including phenoxy) is 1. The van der Waals surface area contributed by atoms with Crippen LogP contribution in [0.15, 0.2) is 30.3 Å². The van der Waals surface area contributed by atoms with E-state index in [0.717, 1.165) is 31.6 Å². The van der Waals surface area contributed by atoms with Crippen molar-refractivity contribution in [3.05, 3.63) is 52.3 Å². The van der Waals surface area contributed by atoms with Crippen molar-refractivity contribution in [3.63, 3.8) is 0 Å². The molecule has 0 unspecified atom stereocenters. The van der Waals surface area contributed by atoms with Crippen molar-refractivity contribution in [1.29, 1.82) is 0 Å². The van der Waals surface area contributed by atoms with Crippen LogP contribution in [-0.4, -0.2) is 58.8 Å². The molecule has 1 amide bonds. The Kier molecular flexibility index (Phi) is 6.37. The number of benzene rings is 1. The predicted molar refractivity (Wildman–Crippen MR) is 126 cm³/mol. The number of piperidine rings is 1. The fourth-order valence-electron chi connectivity index (χ4n) is 5.08. The first-order valence-corrected chi connectivity index (χ1v) is 11.8. The molecule has 2 aliphatic rings. The second-order valence-corrected chi connectivity index (χ2v) is 9.50. The van der Waals surface area contributed by atoms with Crippen LogP contribution in [0.1, 0.15) is 66.6 Å². The summed E-state index contributed by atoms with van der Waals surface area (Å²) in [6, 6.07) is 9.35. The van der Waals surface area contributed by atoms with Crippen molar-refractivity contribution in [3.8, 4) is 5.75 Å². The molecule has 7 heteroatoms. The van der Waals surface area contributed by atoms with Gasteiger partial charge in [-0.25, -0.2) is 0 Å². The molecule has 0 bridgehead atoms. The molecule has 0 N–H and O–H groups in total. The number of carbonyl (C=O) groups is 2. The van der Waals surface area contributed by atoms with Crippen LogP contribution in [0.5, 0.6) is 5.75 Å². The summed E-state index contributed by atoms with van der Waals surface area (Å²) in [7, 11) is 2.16. The Morgan fingerprint density at radius 3 is 2.44 bits per heavy atom. The molecule has 4 rings (SSSR count). The molecule has 1 fully saturated rings. The van der Waals surface area contributed by atoms with Gasteiger partial charge in [0.25, 0.3) is 5.91 Å². The molecule has 0 radical (unpaired) electrons. The minimum atomic E-state index is -0.145. The van der Waals surface area contributed by atoms with Crippen molar-refractivity contribution >= 4 is 23.3 Å². The fourth-order valence-corrected chi connectivity index (χ4v) is 5.31. The monoisotopic (exact) mass is 457 g/mol. The van der Waals surface area contributed by atoms with Crippen molar-refractivity contribution in [1.82, 2.24) is 14.4 Å². The first-order chi connectivity index (χ1) is 15.3. The van der Waals surface area contributed by atoms with Gasteiger partial charge in [-0.15, -0.1) is 0 Å². The van der Waals surface area contributed by atoms with Crippen LogP contribution in [0.3, 0.4) is 0 Å². The molecule has 1 aromatic carbocycles. The normalized spacial score (nSPS) is 18.1. The second-order valence-electron chi connectivity index (χ2n) is 9.09. The third kappa shape index (κ3) is 3.95. The van der Waals surface area contributed by atoms with Crippen LogP contribution in [0.4, 0.5) is 0 Å². The highest BCUT2D eigenvalue weighted by Crippen LogP contribution is 2.42. The number of amides is 1. The van der Waals surface area contributed by atoms with Gasteiger partial charge in [-0.05, 0) is 64.1 Å². The van der Waals surface area contributed by atoms with Crippen LogP contribution in [0.25, 0.3) is 0 Å². The molecule has 1 saturated heterocycles. The molecular formula is C25H32ClN3O3. The van der Waals surface area contributed by atoms with Crippen LogP contribution in [0, 0.1) is 0 Å². The highest BCUT2D eigenvalue weighted by atomic mass is 35.5. The molecule has 1 aromatic heterocycles. The topological polar surface area (TPSA) is 54.8 Å². The Morgan fingerprint density at radius 1 is 1.09 bits per heavy atom. The van der Waals surface area contributed by atoms with Gasteiger partial charge in [-0.2, -0.15) is 0 Å². The average molecular weight is 458 g/mol. The Labute approximate surface area is 195 Å². The van der Waals surface area contributed by atoms with E-state index in [1.165, 1.54) is 5.69 Å². The Morgan fingerprint density at radius 2 is 1.81 bits per heavy atom. The number of carbonyl (C=O) groups excluding carboxylic acids is 2. The zero-order chi connectivity index (χ0) is 23.0. The molecule has 0 atom stereocenters. The first-order valence-electron chi connectivity index (χ1n) is 11.5. The molecule has 2 aliphatic heterocycles. The van der Waals surface area contributed by atoms with Crippen LogP contribution >= 0.6 is 11.6 Å². The number of fused-ring (bicyclic) bond motifs is 2. The molecule has 3 heterocycles. The minimum Gasteiger partial charge on any atom is -0.489 e. The van der Waals surface area contributed by atoms with Crippen molar-refractivity contribution in [2.24, 2.45) is 0 Å². The van der Waals surface area contributed by atoms with E-state index in [1.54, 1.807) is 18.2 Å². The van der Waals surface area contributed by atoms with Crippen molar-refractivity contribution in [2.75, 3.05) is 26.7 Å². The van der Waals surface area contributed by atoms with Crippen LogP contribution < -0.4 is 4.74 Å². The summed E-state index contributed by atoms with van der Waals surface area (Å²) in [6.07, 6.45) is 2.20. The van der Waals surface area contributed by atoms with E-state index >= 15 is 0 Å². The quantitative estimate of drug-likeness (QED) is 0.616. The SMILES string of the molecule is CCC(=O)c1ccc2n1CCN(C)C21CCN(C(=O)c2ccc(OC(C)C)c(Cl)c2)CC1. The van der Waals surface area contributed by atoms with Crippen LogP contribution in [0.2, 0.25) is 5.02 Å². The standard InChI is InChI=1S/C25H32ClN3O3/c1-5-21(30)20-7-9-23-25(27(4)14-15-29(20)23)10-12-28(13-11-25)24(31)18-6-8-22(19(26)16-18)32-17(2)3/h6-9,16-17H,5,10-15H2,1-4H3. The van der Waals surface area contributed by atoms with E-state index in [4.69, 9.17) is 16.3 Å². The largest absolute Gasteiger partial charge is 0.489 e. The molecular weight excluding hydrogens is 426 g/mol. The van der Waals surface area contributed by atoms with Crippen molar-refractivity contribution in [2.45, 2.75) is 58.2 Å². The third-order valence-electron chi connectivity index (χ3n) is 6.87. The predicted octanol–water partition coefficient (Wildman–Crippen LogP) is 4.60. The number of rotatable bonds is 5. The van der Waals surface area contributed by atoms with Gasteiger partial charge >= 0.3 is 0 Å². The van der Waals surface area contributed by atoms with E-state index in [2.05, 4.69) is 22.6 Å². The number of likely N-dealkylation sites (N-methyl/N-ethyl adjacent to an activating group) is 1. The van der Waals surface area contributed by atoms with E-state index < -0.39 is 0 Å². The summed E-state index contributed by atoms with van der Waals surface area (Å²) < 4.78 is 7.89. The summed E-state index contributed by atoms with van der Waals surface area (Å²) in [4.78, 5) is 29.9. The number of likely N-dealkylation sites (tertiary alicyclic amines) is 1. The number of hydrogen-bond donors (Lipinski definition) is 0. The maximum absolute atomic E-state index is 13.2. The lowest BCUT2D eigenvalue weighted by Gasteiger charge is -2.50. The number of aromatic nitrogens is 1. The molecule has 0 saturated carbocycles. The van der Waals surface area contributed by atoms with E-state index in [0.29, 0.717) is 35.8 Å². The lowest BCUT2D eigenvalue weighted by atomic mass is 9.81. The van der Waals surface area contributed by atoms with E-state index in [1.807, 2.05) is 31.7 Å². The van der Waals surface area contributed by atoms with Gasteiger partial charge in [-0.3, -0.25) is 14.5 Å². The van der Waals surface area contributed by atoms with Gasteiger partial charge in [0.1, 0.15) is 5.75 Å². The summed E-state index contributed by atoms with van der Waals surface area (Å²) in [5, 5.41) is 0.455.